The molecule has 268 valence electrons. The molecule has 0 spiro atoms. The van der Waals surface area contributed by atoms with Gasteiger partial charge in [-0.3, -0.25) is 0 Å². The number of halogens is 2. The predicted octanol–water partition coefficient (Wildman–Crippen LogP) is 15.1. The summed E-state index contributed by atoms with van der Waals surface area (Å²) in [5, 5.41) is 13.3. The third kappa shape index (κ3) is 9.54. The van der Waals surface area contributed by atoms with Gasteiger partial charge in [0, 0.05) is 28.2 Å². The topological polar surface area (TPSA) is 50.1 Å². The van der Waals surface area contributed by atoms with Gasteiger partial charge < -0.3 is 16.4 Å². The molecule has 0 aliphatic carbocycles. The first-order valence-corrected chi connectivity index (χ1v) is 18.8. The third-order valence-corrected chi connectivity index (χ3v) is 9.85. The van der Waals surface area contributed by atoms with Gasteiger partial charge in [0.25, 0.3) is 0 Å². The molecule has 0 heterocycles. The number of anilines is 5. The second-order valence-corrected chi connectivity index (χ2v) is 13.6. The van der Waals surface area contributed by atoms with E-state index in [1.54, 1.807) is 6.07 Å². The van der Waals surface area contributed by atoms with Crippen molar-refractivity contribution in [1.82, 2.24) is 0 Å². The van der Waals surface area contributed by atoms with Crippen molar-refractivity contribution in [2.24, 2.45) is 0 Å². The molecule has 3 nitrogen and oxygen atoms in total. The molecule has 4 N–H and O–H groups in total. The van der Waals surface area contributed by atoms with E-state index in [1.165, 1.54) is 27.1 Å². The summed E-state index contributed by atoms with van der Waals surface area (Å²) in [7, 11) is 0. The molecule has 0 bridgehead atoms. The van der Waals surface area contributed by atoms with Crippen LogP contribution in [0.4, 0.5) is 28.4 Å². The Kier molecular flexibility index (Phi) is 12.1. The van der Waals surface area contributed by atoms with Crippen LogP contribution < -0.4 is 16.4 Å². The smallest absolute Gasteiger partial charge is 0.0703 e. The average molecular weight is 753 g/mol. The summed E-state index contributed by atoms with van der Waals surface area (Å²) < 4.78 is 0. The first-order chi connectivity index (χ1) is 27.0. The van der Waals surface area contributed by atoms with Crippen molar-refractivity contribution in [3.63, 3.8) is 0 Å². The minimum atomic E-state index is 0.585. The third-order valence-electron chi connectivity index (χ3n) is 9.03. The van der Waals surface area contributed by atoms with Crippen LogP contribution in [0.15, 0.2) is 212 Å². The van der Waals surface area contributed by atoms with Crippen LogP contribution in [0.2, 0.25) is 10.0 Å². The summed E-state index contributed by atoms with van der Waals surface area (Å²) in [6.07, 6.45) is 0. The zero-order chi connectivity index (χ0) is 37.8. The van der Waals surface area contributed by atoms with Crippen molar-refractivity contribution in [2.45, 2.75) is 0 Å². The molecular formula is C50H39Cl2N3. The molecule has 0 amide bonds. The van der Waals surface area contributed by atoms with E-state index >= 15 is 0 Å². The fraction of sp³-hybridized carbons (Fsp3) is 0. The summed E-state index contributed by atoms with van der Waals surface area (Å²) in [6.45, 7) is 0. The van der Waals surface area contributed by atoms with E-state index in [1.807, 2.05) is 91.0 Å². The molecule has 0 aliphatic heterocycles. The average Bonchev–Trinajstić information content (AvgIpc) is 3.24. The maximum absolute atomic E-state index is 6.25. The van der Waals surface area contributed by atoms with Gasteiger partial charge in [0.15, 0.2) is 0 Å². The highest BCUT2D eigenvalue weighted by Crippen LogP contribution is 2.39. The van der Waals surface area contributed by atoms with Gasteiger partial charge in [-0.1, -0.05) is 175 Å². The molecular weight excluding hydrogens is 713 g/mol. The number of benzene rings is 9. The highest BCUT2D eigenvalue weighted by atomic mass is 35.5. The zero-order valence-corrected chi connectivity index (χ0v) is 31.6. The summed E-state index contributed by atoms with van der Waals surface area (Å²) in [5.41, 5.74) is 14.8. The van der Waals surface area contributed by atoms with Gasteiger partial charge in [-0.2, -0.15) is 0 Å². The lowest BCUT2D eigenvalue weighted by atomic mass is 9.98. The van der Waals surface area contributed by atoms with E-state index in [0.29, 0.717) is 10.0 Å². The lowest BCUT2D eigenvalue weighted by molar-refractivity contribution is 1.49. The zero-order valence-electron chi connectivity index (χ0n) is 30.0. The maximum atomic E-state index is 6.25. The van der Waals surface area contributed by atoms with E-state index in [9.17, 15) is 0 Å². The molecule has 9 rings (SSSR count). The molecule has 0 unspecified atom stereocenters. The number of nitrogens with one attached hydrogen (secondary N) is 2. The molecule has 0 fully saturated rings. The van der Waals surface area contributed by atoms with E-state index in [0.717, 1.165) is 45.1 Å². The normalized spacial score (nSPS) is 10.4. The minimum absolute atomic E-state index is 0.585. The Morgan fingerprint density at radius 1 is 0.364 bits per heavy atom. The first kappa shape index (κ1) is 36.8. The molecule has 0 radical (unpaired) electrons. The van der Waals surface area contributed by atoms with Crippen LogP contribution in [0.1, 0.15) is 0 Å². The van der Waals surface area contributed by atoms with E-state index in [-0.39, 0.29) is 0 Å². The van der Waals surface area contributed by atoms with Crippen molar-refractivity contribution in [1.29, 1.82) is 0 Å². The summed E-state index contributed by atoms with van der Waals surface area (Å²) in [6, 6.07) is 71.8. The van der Waals surface area contributed by atoms with Crippen molar-refractivity contribution in [3.05, 3.63) is 222 Å². The van der Waals surface area contributed by atoms with Crippen molar-refractivity contribution in [3.8, 4) is 22.3 Å². The number of nitrogens with two attached hydrogens (primary N) is 1. The van der Waals surface area contributed by atoms with Crippen LogP contribution >= 0.6 is 23.2 Å². The first-order valence-electron chi connectivity index (χ1n) is 18.0. The Morgan fingerprint density at radius 3 is 1.36 bits per heavy atom. The maximum Gasteiger partial charge on any atom is 0.0703 e. The van der Waals surface area contributed by atoms with Gasteiger partial charge >= 0.3 is 0 Å². The molecule has 0 aliphatic rings. The van der Waals surface area contributed by atoms with Crippen LogP contribution in [0, 0.1) is 0 Å². The minimum Gasteiger partial charge on any atom is -0.399 e. The van der Waals surface area contributed by atoms with E-state index in [4.69, 9.17) is 28.9 Å². The molecule has 0 saturated carbocycles. The Balaban J connectivity index is 0.000000156. The fourth-order valence-electron chi connectivity index (χ4n) is 6.27. The van der Waals surface area contributed by atoms with Crippen LogP contribution in [0.5, 0.6) is 0 Å². The molecule has 5 heteroatoms. The van der Waals surface area contributed by atoms with E-state index in [2.05, 4.69) is 126 Å². The van der Waals surface area contributed by atoms with Gasteiger partial charge in [-0.05, 0) is 93.3 Å². The van der Waals surface area contributed by atoms with Gasteiger partial charge in [-0.15, -0.1) is 0 Å². The molecule has 55 heavy (non-hydrogen) atoms. The standard InChI is InChI=1S/C28H22N2.C16H10Cl2.C6H7N/c1-3-12-24(13-4-1)29-27-17-9-16-26(28(27)30-25-14-5-2-6-15-25)23-19-18-21-10-7-8-11-22(21)20-23;17-15-7-3-6-14(16(15)18)13-9-8-11-4-1-2-5-12(11)10-13;7-6-4-2-1-3-5-6/h1-20,29-30H;1-10H;1-5H,7H2. The van der Waals surface area contributed by atoms with Crippen molar-refractivity contribution >= 4 is 73.2 Å². The quantitative estimate of drug-likeness (QED) is 0.148. The highest BCUT2D eigenvalue weighted by molar-refractivity contribution is 6.43. The number of hydrogen-bond acceptors (Lipinski definition) is 3. The van der Waals surface area contributed by atoms with Gasteiger partial charge in [0.2, 0.25) is 0 Å². The lowest BCUT2D eigenvalue weighted by Crippen LogP contribution is -2.00. The van der Waals surface area contributed by atoms with Gasteiger partial charge in [0.1, 0.15) is 0 Å². The Morgan fingerprint density at radius 2 is 0.818 bits per heavy atom. The SMILES string of the molecule is Clc1cccc(-c2ccc3ccccc3c2)c1Cl.Nc1ccccc1.c1ccc(Nc2cccc(-c3ccc4ccccc4c3)c2Nc2ccccc2)cc1. The van der Waals surface area contributed by atoms with Gasteiger partial charge in [-0.25, -0.2) is 0 Å². The molecule has 0 atom stereocenters. The fourth-order valence-corrected chi connectivity index (χ4v) is 6.68. The molecule has 0 saturated heterocycles. The lowest BCUT2D eigenvalue weighted by Gasteiger charge is -2.19. The summed E-state index contributed by atoms with van der Waals surface area (Å²) >= 11 is 12.3. The number of hydrogen-bond donors (Lipinski definition) is 3. The van der Waals surface area contributed by atoms with Crippen LogP contribution in [-0.4, -0.2) is 0 Å². The second-order valence-electron chi connectivity index (χ2n) is 12.8. The molecule has 9 aromatic carbocycles. The largest absolute Gasteiger partial charge is 0.399 e. The Bertz CT molecular complexity index is 2630. The number of para-hydroxylation sites is 4. The summed E-state index contributed by atoms with van der Waals surface area (Å²) in [4.78, 5) is 0. The summed E-state index contributed by atoms with van der Waals surface area (Å²) in [5.74, 6) is 0. The molecule has 0 aromatic heterocycles. The van der Waals surface area contributed by atoms with E-state index < -0.39 is 0 Å². The Labute approximate surface area is 332 Å². The molecule has 9 aromatic rings. The van der Waals surface area contributed by atoms with Crippen LogP contribution in [0.3, 0.4) is 0 Å². The number of nitrogen functional groups attached to an aromatic ring is 1. The predicted molar refractivity (Wildman–Crippen MR) is 239 cm³/mol. The number of fused-ring (bicyclic) bond motifs is 2. The van der Waals surface area contributed by atoms with Gasteiger partial charge in [0.05, 0.1) is 21.4 Å². The van der Waals surface area contributed by atoms with Crippen molar-refractivity contribution in [2.75, 3.05) is 16.4 Å². The van der Waals surface area contributed by atoms with Crippen molar-refractivity contribution < 1.29 is 0 Å². The van der Waals surface area contributed by atoms with Crippen LogP contribution in [-0.2, 0) is 0 Å². The second kappa shape index (κ2) is 18.0. The monoisotopic (exact) mass is 751 g/mol. The Hall–Kier alpha value is -6.52. The number of rotatable bonds is 6. The highest BCUT2D eigenvalue weighted by Gasteiger charge is 2.12. The van der Waals surface area contributed by atoms with Crippen LogP contribution in [0.25, 0.3) is 43.8 Å².